The van der Waals surface area contributed by atoms with Crippen LogP contribution in [0.25, 0.3) is 11.0 Å². The van der Waals surface area contributed by atoms with Gasteiger partial charge in [-0.05, 0) is 24.8 Å². The van der Waals surface area contributed by atoms with E-state index in [0.717, 1.165) is 12.8 Å². The first-order valence-corrected chi connectivity index (χ1v) is 8.22. The number of aromatic amines is 1. The average Bonchev–Trinajstić information content (AvgIpc) is 3.15. The molecule has 3 rings (SSSR count). The van der Waals surface area contributed by atoms with Crippen LogP contribution in [0.4, 0.5) is 0 Å². The van der Waals surface area contributed by atoms with Crippen LogP contribution in [0.1, 0.15) is 12.8 Å². The molecule has 4 N–H and O–H groups in total. The van der Waals surface area contributed by atoms with Crippen molar-refractivity contribution in [2.24, 2.45) is 11.7 Å². The van der Waals surface area contributed by atoms with Gasteiger partial charge in [-0.1, -0.05) is 11.6 Å². The molecule has 116 valence electrons. The maximum Gasteiger partial charge on any atom is 0.242 e. The minimum atomic E-state index is -3.65. The molecule has 6 nitrogen and oxygen atoms in total. The van der Waals surface area contributed by atoms with Gasteiger partial charge in [0, 0.05) is 25.0 Å². The molecule has 1 fully saturated rings. The first kappa shape index (κ1) is 16.5. The third kappa shape index (κ3) is 3.32. The van der Waals surface area contributed by atoms with Crippen molar-refractivity contribution in [3.05, 3.63) is 23.5 Å². The van der Waals surface area contributed by atoms with Gasteiger partial charge < -0.3 is 10.7 Å². The number of halogens is 2. The normalized spacial score (nSPS) is 16.7. The molecule has 0 aliphatic heterocycles. The second-order valence-corrected chi connectivity index (χ2v) is 7.17. The van der Waals surface area contributed by atoms with E-state index < -0.39 is 10.0 Å². The summed E-state index contributed by atoms with van der Waals surface area (Å²) in [4.78, 5) is 6.97. The number of nitrogens with zero attached hydrogens (tertiary/aromatic N) is 1. The zero-order chi connectivity index (χ0) is 14.3. The van der Waals surface area contributed by atoms with Crippen LogP contribution in [0.15, 0.2) is 23.4 Å². The Morgan fingerprint density at radius 2 is 2.24 bits per heavy atom. The van der Waals surface area contributed by atoms with Crippen LogP contribution in [0.2, 0.25) is 5.02 Å². The van der Waals surface area contributed by atoms with E-state index in [-0.39, 0.29) is 29.9 Å². The highest BCUT2D eigenvalue weighted by molar-refractivity contribution is 7.89. The minimum Gasteiger partial charge on any atom is -0.345 e. The van der Waals surface area contributed by atoms with Gasteiger partial charge in [-0.25, -0.2) is 18.1 Å². The van der Waals surface area contributed by atoms with Crippen molar-refractivity contribution in [1.82, 2.24) is 14.7 Å². The van der Waals surface area contributed by atoms with E-state index in [9.17, 15) is 8.42 Å². The van der Waals surface area contributed by atoms with Gasteiger partial charge in [0.25, 0.3) is 0 Å². The van der Waals surface area contributed by atoms with E-state index in [1.807, 2.05) is 0 Å². The highest BCUT2D eigenvalue weighted by Crippen LogP contribution is 2.32. The van der Waals surface area contributed by atoms with Crippen molar-refractivity contribution in [2.75, 3.05) is 6.54 Å². The molecule has 2 heterocycles. The zero-order valence-corrected chi connectivity index (χ0v) is 13.4. The summed E-state index contributed by atoms with van der Waals surface area (Å²) in [6, 6.07) is 1.43. The number of sulfonamides is 1. The lowest BCUT2D eigenvalue weighted by Crippen LogP contribution is -2.38. The number of aromatic nitrogens is 2. The smallest absolute Gasteiger partial charge is 0.242 e. The standard InChI is InChI=1S/C12H15ClN4O2S.ClH/c13-8-3-4-15-12-11(8)10(6-16-12)20(18,19)17-5-9(14)7-1-2-7;/h3-4,6-7,9,17H,1-2,5,14H2,(H,15,16);1H. The van der Waals surface area contributed by atoms with Crippen LogP contribution in [0.5, 0.6) is 0 Å². The molecule has 0 radical (unpaired) electrons. The van der Waals surface area contributed by atoms with Gasteiger partial charge in [0.05, 0.1) is 10.4 Å². The lowest BCUT2D eigenvalue weighted by atomic mass is 10.2. The maximum absolute atomic E-state index is 12.3. The number of pyridine rings is 1. The molecule has 1 atom stereocenters. The van der Waals surface area contributed by atoms with Gasteiger partial charge in [-0.15, -0.1) is 12.4 Å². The molecule has 21 heavy (non-hydrogen) atoms. The quantitative estimate of drug-likeness (QED) is 0.762. The van der Waals surface area contributed by atoms with Crippen LogP contribution in [0.3, 0.4) is 0 Å². The minimum absolute atomic E-state index is 0. The maximum atomic E-state index is 12.3. The van der Waals surface area contributed by atoms with Crippen LogP contribution in [-0.4, -0.2) is 31.0 Å². The number of nitrogens with two attached hydrogens (primary N) is 1. The number of rotatable bonds is 5. The highest BCUT2D eigenvalue weighted by atomic mass is 35.5. The van der Waals surface area contributed by atoms with Gasteiger partial charge in [0.1, 0.15) is 10.5 Å². The molecule has 9 heteroatoms. The van der Waals surface area contributed by atoms with Crippen molar-refractivity contribution in [3.8, 4) is 0 Å². The summed E-state index contributed by atoms with van der Waals surface area (Å²) in [5, 5.41) is 0.754. The fourth-order valence-corrected chi connectivity index (χ4v) is 3.74. The predicted molar refractivity (Wildman–Crippen MR) is 84.2 cm³/mol. The van der Waals surface area contributed by atoms with Crippen LogP contribution >= 0.6 is 24.0 Å². The highest BCUT2D eigenvalue weighted by Gasteiger charge is 2.30. The van der Waals surface area contributed by atoms with Crippen molar-refractivity contribution in [3.63, 3.8) is 0 Å². The number of hydrogen-bond donors (Lipinski definition) is 3. The molecule has 0 amide bonds. The van der Waals surface area contributed by atoms with Gasteiger partial charge >= 0.3 is 0 Å². The molecular weight excluding hydrogens is 335 g/mol. The number of H-pyrrole nitrogens is 1. The van der Waals surface area contributed by atoms with Crippen molar-refractivity contribution in [2.45, 2.75) is 23.8 Å². The van der Waals surface area contributed by atoms with E-state index in [4.69, 9.17) is 17.3 Å². The summed E-state index contributed by atoms with van der Waals surface area (Å²) in [5.41, 5.74) is 6.36. The van der Waals surface area contributed by atoms with E-state index in [0.29, 0.717) is 22.0 Å². The fourth-order valence-electron chi connectivity index (χ4n) is 2.17. The Balaban J connectivity index is 0.00000161. The summed E-state index contributed by atoms with van der Waals surface area (Å²) >= 11 is 6.06. The third-order valence-corrected chi connectivity index (χ3v) is 5.28. The summed E-state index contributed by atoms with van der Waals surface area (Å²) < 4.78 is 27.2. The second kappa shape index (κ2) is 6.10. The average molecular weight is 351 g/mol. The predicted octanol–water partition coefficient (Wildman–Crippen LogP) is 1.65. The molecule has 1 aliphatic rings. The molecular formula is C12H16Cl2N4O2S. The summed E-state index contributed by atoms with van der Waals surface area (Å²) in [6.07, 6.45) is 5.07. The van der Waals surface area contributed by atoms with Gasteiger partial charge in [0.15, 0.2) is 0 Å². The first-order chi connectivity index (χ1) is 9.49. The van der Waals surface area contributed by atoms with E-state index in [1.54, 1.807) is 6.07 Å². The van der Waals surface area contributed by atoms with Crippen LogP contribution < -0.4 is 10.5 Å². The number of hydrogen-bond acceptors (Lipinski definition) is 4. The van der Waals surface area contributed by atoms with Crippen molar-refractivity contribution >= 4 is 45.1 Å². The number of nitrogens with one attached hydrogen (secondary N) is 2. The van der Waals surface area contributed by atoms with Gasteiger partial charge in [0.2, 0.25) is 10.0 Å². The Bertz CT molecular complexity index is 743. The molecule has 0 spiro atoms. The zero-order valence-electron chi connectivity index (χ0n) is 11.0. The number of fused-ring (bicyclic) bond motifs is 1. The van der Waals surface area contributed by atoms with Gasteiger partial charge in [-0.3, -0.25) is 0 Å². The largest absolute Gasteiger partial charge is 0.345 e. The topological polar surface area (TPSA) is 101 Å². The molecule has 1 aliphatic carbocycles. The Labute approximate surface area is 133 Å². The van der Waals surface area contributed by atoms with E-state index in [2.05, 4.69) is 14.7 Å². The van der Waals surface area contributed by atoms with Gasteiger partial charge in [-0.2, -0.15) is 0 Å². The monoisotopic (exact) mass is 350 g/mol. The summed E-state index contributed by atoms with van der Waals surface area (Å²) in [7, 11) is -3.65. The van der Waals surface area contributed by atoms with E-state index in [1.165, 1.54) is 12.4 Å². The third-order valence-electron chi connectivity index (χ3n) is 3.51. The van der Waals surface area contributed by atoms with Crippen LogP contribution in [-0.2, 0) is 10.0 Å². The summed E-state index contributed by atoms with van der Waals surface area (Å²) in [6.45, 7) is 0.234. The lowest BCUT2D eigenvalue weighted by Gasteiger charge is -2.11. The molecule has 2 aromatic heterocycles. The Kier molecular flexibility index (Phi) is 4.79. The lowest BCUT2D eigenvalue weighted by molar-refractivity contribution is 0.548. The van der Waals surface area contributed by atoms with E-state index >= 15 is 0 Å². The van der Waals surface area contributed by atoms with Crippen LogP contribution in [0, 0.1) is 5.92 Å². The van der Waals surface area contributed by atoms with Crippen molar-refractivity contribution < 1.29 is 8.42 Å². The Hall–Kier alpha value is -0.860. The SMILES string of the molecule is Cl.NC(CNS(=O)(=O)c1c[nH]c2nccc(Cl)c12)C1CC1. The Morgan fingerprint density at radius 3 is 2.90 bits per heavy atom. The molecule has 1 unspecified atom stereocenters. The molecule has 0 bridgehead atoms. The van der Waals surface area contributed by atoms with Crippen molar-refractivity contribution in [1.29, 1.82) is 0 Å². The second-order valence-electron chi connectivity index (χ2n) is 5.02. The molecule has 2 aromatic rings. The first-order valence-electron chi connectivity index (χ1n) is 6.36. The summed E-state index contributed by atoms with van der Waals surface area (Å²) in [5.74, 6) is 0.436. The molecule has 0 saturated heterocycles. The fraction of sp³-hybridized carbons (Fsp3) is 0.417. The Morgan fingerprint density at radius 1 is 1.52 bits per heavy atom. The molecule has 1 saturated carbocycles. The molecule has 0 aromatic carbocycles.